The van der Waals surface area contributed by atoms with Crippen molar-refractivity contribution in [2.75, 3.05) is 22.6 Å². The lowest BCUT2D eigenvalue weighted by molar-refractivity contribution is -0.121. The molecule has 178 valence electrons. The van der Waals surface area contributed by atoms with Gasteiger partial charge in [-0.05, 0) is 19.1 Å². The number of thioether (sulfide) groups is 1. The second kappa shape index (κ2) is 9.88. The maximum atomic E-state index is 12.7. The molecule has 0 unspecified atom stereocenters. The molecular formula is C24H22N6O3S2. The Bertz CT molecular complexity index is 1370. The molecule has 0 saturated heterocycles. The monoisotopic (exact) mass is 506 g/mol. The van der Waals surface area contributed by atoms with Crippen LogP contribution >= 0.6 is 23.1 Å². The van der Waals surface area contributed by atoms with Crippen LogP contribution in [-0.4, -0.2) is 43.9 Å². The Balaban J connectivity index is 1.23. The van der Waals surface area contributed by atoms with Gasteiger partial charge in [0.15, 0.2) is 22.7 Å². The van der Waals surface area contributed by atoms with E-state index in [1.54, 1.807) is 4.90 Å². The quantitative estimate of drug-likeness (QED) is 0.376. The molecule has 2 aromatic carbocycles. The number of nitrogens with one attached hydrogen (secondary N) is 1. The maximum Gasteiger partial charge on any atom is 0.265 e. The molecule has 5 rings (SSSR count). The Morgan fingerprint density at radius 1 is 1.17 bits per heavy atom. The van der Waals surface area contributed by atoms with Gasteiger partial charge in [-0.1, -0.05) is 54.2 Å². The van der Waals surface area contributed by atoms with Crippen molar-refractivity contribution in [1.82, 2.24) is 19.7 Å². The van der Waals surface area contributed by atoms with Crippen molar-refractivity contribution in [1.29, 1.82) is 0 Å². The lowest BCUT2D eigenvalue weighted by Crippen LogP contribution is -2.41. The molecule has 11 heteroatoms. The van der Waals surface area contributed by atoms with Crippen LogP contribution in [-0.2, 0) is 16.6 Å². The summed E-state index contributed by atoms with van der Waals surface area (Å²) in [7, 11) is 1.83. The van der Waals surface area contributed by atoms with E-state index >= 15 is 0 Å². The Labute approximate surface area is 210 Å². The van der Waals surface area contributed by atoms with Crippen LogP contribution in [0.1, 0.15) is 18.8 Å². The van der Waals surface area contributed by atoms with Gasteiger partial charge < -0.3 is 14.6 Å². The van der Waals surface area contributed by atoms with Gasteiger partial charge in [-0.25, -0.2) is 4.98 Å². The highest BCUT2D eigenvalue weighted by Crippen LogP contribution is 2.37. The predicted molar refractivity (Wildman–Crippen MR) is 136 cm³/mol. The Morgan fingerprint density at radius 2 is 1.94 bits per heavy atom. The zero-order chi connectivity index (χ0) is 24.4. The van der Waals surface area contributed by atoms with Crippen LogP contribution in [0, 0.1) is 0 Å². The van der Waals surface area contributed by atoms with Gasteiger partial charge in [0.2, 0.25) is 5.91 Å². The van der Waals surface area contributed by atoms with Gasteiger partial charge in [0, 0.05) is 18.0 Å². The Kier molecular flexibility index (Phi) is 6.51. The number of ether oxygens (including phenoxy) is 1. The van der Waals surface area contributed by atoms with Gasteiger partial charge in [0.1, 0.15) is 5.75 Å². The van der Waals surface area contributed by atoms with E-state index in [0.29, 0.717) is 27.5 Å². The average molecular weight is 507 g/mol. The van der Waals surface area contributed by atoms with E-state index in [2.05, 4.69) is 20.5 Å². The van der Waals surface area contributed by atoms with Crippen molar-refractivity contribution in [3.05, 3.63) is 65.8 Å². The summed E-state index contributed by atoms with van der Waals surface area (Å²) in [5.41, 5.74) is 2.52. The van der Waals surface area contributed by atoms with E-state index in [4.69, 9.17) is 4.74 Å². The molecule has 9 nitrogen and oxygen atoms in total. The van der Waals surface area contributed by atoms with Gasteiger partial charge in [-0.2, -0.15) is 0 Å². The number of hydrogen-bond acceptors (Lipinski definition) is 8. The van der Waals surface area contributed by atoms with Gasteiger partial charge in [0.05, 0.1) is 23.2 Å². The third-order valence-corrected chi connectivity index (χ3v) is 7.30. The van der Waals surface area contributed by atoms with E-state index in [1.807, 2.05) is 78.5 Å². The third kappa shape index (κ3) is 4.77. The van der Waals surface area contributed by atoms with E-state index in [9.17, 15) is 9.59 Å². The molecule has 1 aliphatic heterocycles. The highest BCUT2D eigenvalue weighted by atomic mass is 32.2. The highest BCUT2D eigenvalue weighted by Gasteiger charge is 2.32. The average Bonchev–Trinajstić information content (AvgIpc) is 3.49. The smallest absolute Gasteiger partial charge is 0.265 e. The number of rotatable bonds is 7. The summed E-state index contributed by atoms with van der Waals surface area (Å²) >= 11 is 2.66. The van der Waals surface area contributed by atoms with Crippen molar-refractivity contribution in [2.24, 2.45) is 7.05 Å². The number of anilines is 2. The minimum Gasteiger partial charge on any atom is -0.482 e. The zero-order valence-corrected chi connectivity index (χ0v) is 20.7. The number of para-hydroxylation sites is 2. The SMILES string of the molecule is C[C@H](c1nnc(SCC(=O)Nc2nc(-c3ccccc3)cs2)n1C)N1C(=O)COc2ccccc21. The molecule has 0 aliphatic carbocycles. The first kappa shape index (κ1) is 23.1. The molecule has 4 aromatic rings. The van der Waals surface area contributed by atoms with Crippen LogP contribution in [0.4, 0.5) is 10.8 Å². The van der Waals surface area contributed by atoms with Crippen LogP contribution in [0.5, 0.6) is 5.75 Å². The van der Waals surface area contributed by atoms with Crippen molar-refractivity contribution in [3.8, 4) is 17.0 Å². The number of hydrogen-bond donors (Lipinski definition) is 1. The van der Waals surface area contributed by atoms with E-state index < -0.39 is 0 Å². The second-order valence-corrected chi connectivity index (χ2v) is 9.64. The molecule has 1 atom stereocenters. The van der Waals surface area contributed by atoms with Gasteiger partial charge in [0.25, 0.3) is 5.91 Å². The molecule has 2 aromatic heterocycles. The topological polar surface area (TPSA) is 102 Å². The number of carbonyl (C=O) groups excluding carboxylic acids is 2. The van der Waals surface area contributed by atoms with Crippen molar-refractivity contribution in [3.63, 3.8) is 0 Å². The van der Waals surface area contributed by atoms with Gasteiger partial charge in [-0.15, -0.1) is 21.5 Å². The lowest BCUT2D eigenvalue weighted by Gasteiger charge is -2.33. The van der Waals surface area contributed by atoms with Crippen LogP contribution in [0.3, 0.4) is 0 Å². The van der Waals surface area contributed by atoms with E-state index in [-0.39, 0.29) is 30.2 Å². The second-order valence-electron chi connectivity index (χ2n) is 7.84. The fourth-order valence-corrected chi connectivity index (χ4v) is 5.29. The molecule has 0 bridgehead atoms. The number of nitrogens with zero attached hydrogens (tertiary/aromatic N) is 5. The van der Waals surface area contributed by atoms with E-state index in [0.717, 1.165) is 11.3 Å². The summed E-state index contributed by atoms with van der Waals surface area (Å²) in [6.45, 7) is 1.88. The first-order valence-corrected chi connectivity index (χ1v) is 12.7. The molecule has 35 heavy (non-hydrogen) atoms. The molecule has 0 fully saturated rings. The summed E-state index contributed by atoms with van der Waals surface area (Å²) in [5, 5.41) is 14.5. The number of thiazole rings is 1. The number of benzene rings is 2. The van der Waals surface area contributed by atoms with Crippen LogP contribution in [0.15, 0.2) is 65.1 Å². The Morgan fingerprint density at radius 3 is 2.77 bits per heavy atom. The molecule has 0 saturated carbocycles. The van der Waals surface area contributed by atoms with Gasteiger partial charge >= 0.3 is 0 Å². The van der Waals surface area contributed by atoms with Crippen LogP contribution in [0.25, 0.3) is 11.3 Å². The summed E-state index contributed by atoms with van der Waals surface area (Å²) in [5.74, 6) is 1.10. The highest BCUT2D eigenvalue weighted by molar-refractivity contribution is 7.99. The lowest BCUT2D eigenvalue weighted by atomic mass is 10.1. The number of amides is 2. The molecule has 3 heterocycles. The molecule has 1 N–H and O–H groups in total. The minimum absolute atomic E-state index is 0.0241. The summed E-state index contributed by atoms with van der Waals surface area (Å²) in [6.07, 6.45) is 0. The van der Waals surface area contributed by atoms with Gasteiger partial charge in [-0.3, -0.25) is 14.5 Å². The Hall–Kier alpha value is -3.70. The predicted octanol–water partition coefficient (Wildman–Crippen LogP) is 4.16. The summed E-state index contributed by atoms with van der Waals surface area (Å²) in [6, 6.07) is 16.9. The number of fused-ring (bicyclic) bond motifs is 1. The fraction of sp³-hybridized carbons (Fsp3) is 0.208. The van der Waals surface area contributed by atoms with E-state index in [1.165, 1.54) is 23.1 Å². The molecule has 0 radical (unpaired) electrons. The largest absolute Gasteiger partial charge is 0.482 e. The molecule has 0 spiro atoms. The summed E-state index contributed by atoms with van der Waals surface area (Å²) in [4.78, 5) is 31.3. The first-order chi connectivity index (χ1) is 17.0. The zero-order valence-electron chi connectivity index (χ0n) is 19.0. The minimum atomic E-state index is -0.361. The van der Waals surface area contributed by atoms with Crippen molar-refractivity contribution < 1.29 is 14.3 Å². The van der Waals surface area contributed by atoms with Crippen molar-refractivity contribution >= 4 is 45.7 Å². The standard InChI is InChI=1S/C24H22N6O3S2/c1-15(30-18-10-6-7-11-19(18)33-12-21(30)32)22-27-28-24(29(22)2)35-14-20(31)26-23-25-17(13-34-23)16-8-4-3-5-9-16/h3-11,13,15H,12,14H2,1-2H3,(H,25,26,31)/t15-/m1/s1. The summed E-state index contributed by atoms with van der Waals surface area (Å²) < 4.78 is 7.35. The normalized spacial score (nSPS) is 13.8. The van der Waals surface area contributed by atoms with Crippen LogP contribution < -0.4 is 15.0 Å². The van der Waals surface area contributed by atoms with Crippen LogP contribution in [0.2, 0.25) is 0 Å². The molecule has 1 aliphatic rings. The third-order valence-electron chi connectivity index (χ3n) is 5.53. The maximum absolute atomic E-state index is 12.7. The number of carbonyl (C=O) groups is 2. The molecular weight excluding hydrogens is 484 g/mol. The first-order valence-electron chi connectivity index (χ1n) is 10.9. The van der Waals surface area contributed by atoms with Crippen molar-refractivity contribution in [2.45, 2.75) is 18.1 Å². The number of aromatic nitrogens is 4. The molecule has 2 amide bonds. The fourth-order valence-electron chi connectivity index (χ4n) is 3.84.